The molecule has 0 saturated carbocycles. The molecule has 0 aliphatic rings. The number of hydrogen-bond acceptors (Lipinski definition) is 2. The minimum absolute atomic E-state index is 0.884. The van der Waals surface area contributed by atoms with Crippen LogP contribution in [0.2, 0.25) is 0 Å². The number of nitrogens with one attached hydrogen (secondary N) is 1. The third kappa shape index (κ3) is 4.11. The molecule has 0 saturated heterocycles. The van der Waals surface area contributed by atoms with E-state index in [1.165, 1.54) is 5.56 Å². The van der Waals surface area contributed by atoms with E-state index in [4.69, 9.17) is 6.42 Å². The van der Waals surface area contributed by atoms with Gasteiger partial charge in [0.2, 0.25) is 0 Å². The number of terminal acetylenes is 1. The van der Waals surface area contributed by atoms with Crippen molar-refractivity contribution in [1.82, 2.24) is 15.1 Å². The summed E-state index contributed by atoms with van der Waals surface area (Å²) in [5, 5.41) is 7.45. The zero-order chi connectivity index (χ0) is 10.2. The van der Waals surface area contributed by atoms with Gasteiger partial charge < -0.3 is 5.32 Å². The van der Waals surface area contributed by atoms with E-state index >= 15 is 0 Å². The lowest BCUT2D eigenvalue weighted by molar-refractivity contribution is 0.629. The Balaban J connectivity index is 2.02. The summed E-state index contributed by atoms with van der Waals surface area (Å²) in [4.78, 5) is 0. The van der Waals surface area contributed by atoms with Gasteiger partial charge in [-0.2, -0.15) is 5.10 Å². The summed E-state index contributed by atoms with van der Waals surface area (Å²) in [5.41, 5.74) is 1.23. The zero-order valence-corrected chi connectivity index (χ0v) is 8.66. The van der Waals surface area contributed by atoms with Crippen LogP contribution in [0.15, 0.2) is 12.4 Å². The van der Waals surface area contributed by atoms with E-state index in [-0.39, 0.29) is 0 Å². The molecule has 0 aromatic carbocycles. The van der Waals surface area contributed by atoms with Gasteiger partial charge in [-0.25, -0.2) is 0 Å². The Hall–Kier alpha value is -1.27. The fourth-order valence-corrected chi connectivity index (χ4v) is 1.27. The van der Waals surface area contributed by atoms with Crippen molar-refractivity contribution in [2.24, 2.45) is 7.05 Å². The van der Waals surface area contributed by atoms with Crippen LogP contribution in [-0.4, -0.2) is 16.3 Å². The predicted molar refractivity (Wildman–Crippen MR) is 57.6 cm³/mol. The first-order valence-electron chi connectivity index (χ1n) is 4.94. The maximum absolute atomic E-state index is 5.16. The molecule has 1 aromatic rings. The topological polar surface area (TPSA) is 29.9 Å². The molecule has 0 atom stereocenters. The molecule has 0 unspecified atom stereocenters. The van der Waals surface area contributed by atoms with E-state index < -0.39 is 0 Å². The summed E-state index contributed by atoms with van der Waals surface area (Å²) in [6.07, 6.45) is 12.2. The minimum Gasteiger partial charge on any atom is -0.313 e. The van der Waals surface area contributed by atoms with Crippen molar-refractivity contribution >= 4 is 0 Å². The van der Waals surface area contributed by atoms with E-state index in [0.717, 1.165) is 32.4 Å². The molecule has 1 heterocycles. The van der Waals surface area contributed by atoms with Crippen molar-refractivity contribution < 1.29 is 0 Å². The normalized spacial score (nSPS) is 10.0. The standard InChI is InChI=1S/C11H17N3/c1-3-4-5-6-7-12-8-11-9-13-14(2)10-11/h1,9-10,12H,4-8H2,2H3. The molecule has 0 aliphatic carbocycles. The molecule has 0 aliphatic heterocycles. The molecule has 3 heteroatoms. The number of aromatic nitrogens is 2. The predicted octanol–water partition coefficient (Wildman–Crippen LogP) is 1.31. The third-order valence-corrected chi connectivity index (χ3v) is 2.01. The highest BCUT2D eigenvalue weighted by Crippen LogP contribution is 1.96. The molecule has 0 amide bonds. The molecule has 0 bridgehead atoms. The monoisotopic (exact) mass is 191 g/mol. The van der Waals surface area contributed by atoms with Gasteiger partial charge in [0.15, 0.2) is 0 Å². The van der Waals surface area contributed by atoms with Crippen molar-refractivity contribution in [3.05, 3.63) is 18.0 Å². The van der Waals surface area contributed by atoms with Crippen molar-refractivity contribution in [3.8, 4) is 12.3 Å². The molecule has 0 spiro atoms. The molecule has 76 valence electrons. The van der Waals surface area contributed by atoms with Crippen LogP contribution in [0.1, 0.15) is 24.8 Å². The Kier molecular flexibility index (Phi) is 4.81. The molecular formula is C11H17N3. The number of rotatable bonds is 6. The molecule has 14 heavy (non-hydrogen) atoms. The van der Waals surface area contributed by atoms with E-state index in [2.05, 4.69) is 16.3 Å². The fraction of sp³-hybridized carbons (Fsp3) is 0.545. The molecule has 1 rings (SSSR count). The van der Waals surface area contributed by atoms with E-state index in [0.29, 0.717) is 0 Å². The minimum atomic E-state index is 0.884. The molecular weight excluding hydrogens is 174 g/mol. The lowest BCUT2D eigenvalue weighted by Crippen LogP contribution is -2.14. The highest BCUT2D eigenvalue weighted by Gasteiger charge is 1.94. The summed E-state index contributed by atoms with van der Waals surface area (Å²) < 4.78 is 1.81. The highest BCUT2D eigenvalue weighted by atomic mass is 15.2. The second-order valence-electron chi connectivity index (χ2n) is 3.36. The summed E-state index contributed by atoms with van der Waals surface area (Å²) in [7, 11) is 1.93. The maximum Gasteiger partial charge on any atom is 0.0534 e. The van der Waals surface area contributed by atoms with Crippen molar-refractivity contribution in [2.75, 3.05) is 6.54 Å². The van der Waals surface area contributed by atoms with E-state index in [1.54, 1.807) is 0 Å². The zero-order valence-electron chi connectivity index (χ0n) is 8.66. The van der Waals surface area contributed by atoms with Crippen LogP contribution in [0.25, 0.3) is 0 Å². The number of aryl methyl sites for hydroxylation is 1. The highest BCUT2D eigenvalue weighted by molar-refractivity contribution is 5.02. The first-order valence-corrected chi connectivity index (χ1v) is 4.94. The molecule has 3 nitrogen and oxygen atoms in total. The molecule has 0 radical (unpaired) electrons. The summed E-state index contributed by atoms with van der Waals surface area (Å²) in [5.74, 6) is 2.64. The Bertz CT molecular complexity index is 296. The number of hydrogen-bond donors (Lipinski definition) is 1. The van der Waals surface area contributed by atoms with Gasteiger partial charge in [0.05, 0.1) is 6.20 Å². The fourth-order valence-electron chi connectivity index (χ4n) is 1.27. The Morgan fingerprint density at radius 1 is 1.57 bits per heavy atom. The van der Waals surface area contributed by atoms with Gasteiger partial charge >= 0.3 is 0 Å². The molecule has 1 N–H and O–H groups in total. The Morgan fingerprint density at radius 3 is 3.07 bits per heavy atom. The van der Waals surface area contributed by atoms with Crippen LogP contribution < -0.4 is 5.32 Å². The van der Waals surface area contributed by atoms with Gasteiger partial charge in [0, 0.05) is 31.8 Å². The van der Waals surface area contributed by atoms with Crippen LogP contribution >= 0.6 is 0 Å². The van der Waals surface area contributed by atoms with Gasteiger partial charge in [0.25, 0.3) is 0 Å². The second-order valence-corrected chi connectivity index (χ2v) is 3.36. The van der Waals surface area contributed by atoms with Gasteiger partial charge in [-0.15, -0.1) is 12.3 Å². The van der Waals surface area contributed by atoms with Crippen LogP contribution in [0.5, 0.6) is 0 Å². The average Bonchev–Trinajstić information content (AvgIpc) is 2.58. The second kappa shape index (κ2) is 6.22. The van der Waals surface area contributed by atoms with E-state index in [1.807, 2.05) is 24.1 Å². The van der Waals surface area contributed by atoms with Crippen LogP contribution in [0, 0.1) is 12.3 Å². The summed E-state index contributed by atoms with van der Waals surface area (Å²) in [6.45, 7) is 1.92. The average molecular weight is 191 g/mol. The van der Waals surface area contributed by atoms with Crippen LogP contribution in [-0.2, 0) is 13.6 Å². The van der Waals surface area contributed by atoms with Gasteiger partial charge in [-0.1, -0.05) is 0 Å². The first kappa shape index (κ1) is 10.8. The number of nitrogens with zero attached hydrogens (tertiary/aromatic N) is 2. The third-order valence-electron chi connectivity index (χ3n) is 2.01. The number of unbranched alkanes of at least 4 members (excludes halogenated alkanes) is 2. The summed E-state index contributed by atoms with van der Waals surface area (Å²) in [6, 6.07) is 0. The van der Waals surface area contributed by atoms with Gasteiger partial charge in [-0.3, -0.25) is 4.68 Å². The van der Waals surface area contributed by atoms with Gasteiger partial charge in [-0.05, 0) is 19.4 Å². The maximum atomic E-state index is 5.16. The van der Waals surface area contributed by atoms with Crippen molar-refractivity contribution in [2.45, 2.75) is 25.8 Å². The Morgan fingerprint density at radius 2 is 2.43 bits per heavy atom. The van der Waals surface area contributed by atoms with Crippen LogP contribution in [0.3, 0.4) is 0 Å². The van der Waals surface area contributed by atoms with Crippen molar-refractivity contribution in [3.63, 3.8) is 0 Å². The largest absolute Gasteiger partial charge is 0.313 e. The van der Waals surface area contributed by atoms with Gasteiger partial charge in [0.1, 0.15) is 0 Å². The smallest absolute Gasteiger partial charge is 0.0534 e. The quantitative estimate of drug-likeness (QED) is 0.543. The Labute approximate surface area is 85.5 Å². The van der Waals surface area contributed by atoms with Crippen LogP contribution in [0.4, 0.5) is 0 Å². The molecule has 1 aromatic heterocycles. The SMILES string of the molecule is C#CCCCCNCc1cnn(C)c1. The lowest BCUT2D eigenvalue weighted by atomic mass is 10.2. The lowest BCUT2D eigenvalue weighted by Gasteiger charge is -2.00. The molecule has 0 fully saturated rings. The first-order chi connectivity index (χ1) is 6.83. The summed E-state index contributed by atoms with van der Waals surface area (Å²) >= 11 is 0. The van der Waals surface area contributed by atoms with Crippen molar-refractivity contribution in [1.29, 1.82) is 0 Å². The van der Waals surface area contributed by atoms with E-state index in [9.17, 15) is 0 Å².